The van der Waals surface area contributed by atoms with Crippen molar-refractivity contribution in [3.63, 3.8) is 0 Å². The maximum absolute atomic E-state index is 6.00. The van der Waals surface area contributed by atoms with Gasteiger partial charge in [0.15, 0.2) is 0 Å². The van der Waals surface area contributed by atoms with Gasteiger partial charge >= 0.3 is 0 Å². The predicted octanol–water partition coefficient (Wildman–Crippen LogP) is 2.49. The van der Waals surface area contributed by atoms with E-state index in [1.807, 2.05) is 31.2 Å². The van der Waals surface area contributed by atoms with Crippen molar-refractivity contribution in [2.24, 2.45) is 0 Å². The molecule has 3 nitrogen and oxygen atoms in total. The second-order valence-corrected chi connectivity index (χ2v) is 4.48. The smallest absolute Gasteiger partial charge is 0.129 e. The lowest BCUT2D eigenvalue weighted by molar-refractivity contribution is 0.853. The maximum atomic E-state index is 6.00. The van der Waals surface area contributed by atoms with Crippen LogP contribution in [0.25, 0.3) is 0 Å². The van der Waals surface area contributed by atoms with Crippen LogP contribution in [0.15, 0.2) is 36.4 Å². The van der Waals surface area contributed by atoms with Gasteiger partial charge in [-0.25, -0.2) is 4.98 Å². The van der Waals surface area contributed by atoms with Crippen LogP contribution in [-0.2, 0) is 13.1 Å². The molecule has 0 aliphatic carbocycles. The van der Waals surface area contributed by atoms with Crippen LogP contribution in [0.1, 0.15) is 16.8 Å². The molecule has 1 aromatic carbocycles. The van der Waals surface area contributed by atoms with Crippen molar-refractivity contribution >= 4 is 11.5 Å². The van der Waals surface area contributed by atoms with Crippen molar-refractivity contribution in [1.82, 2.24) is 4.98 Å². The van der Waals surface area contributed by atoms with Gasteiger partial charge in [-0.2, -0.15) is 0 Å². The Morgan fingerprint density at radius 2 is 1.94 bits per heavy atom. The van der Waals surface area contributed by atoms with Crippen molar-refractivity contribution in [1.29, 1.82) is 0 Å². The van der Waals surface area contributed by atoms with Gasteiger partial charge in [0, 0.05) is 24.5 Å². The maximum Gasteiger partial charge on any atom is 0.129 e. The Balaban J connectivity index is 1.94. The number of aromatic nitrogens is 1. The normalized spacial score (nSPS) is 13.8. The molecule has 2 heterocycles. The Morgan fingerprint density at radius 3 is 2.71 bits per heavy atom. The summed E-state index contributed by atoms with van der Waals surface area (Å²) < 4.78 is 0. The van der Waals surface area contributed by atoms with Crippen molar-refractivity contribution in [3.8, 4) is 0 Å². The van der Waals surface area contributed by atoms with Crippen LogP contribution >= 0.6 is 0 Å². The van der Waals surface area contributed by atoms with E-state index in [2.05, 4.69) is 22.0 Å². The lowest BCUT2D eigenvalue weighted by Crippen LogP contribution is -2.16. The van der Waals surface area contributed by atoms with Crippen LogP contribution in [0.4, 0.5) is 11.5 Å². The molecule has 1 aliphatic heterocycles. The van der Waals surface area contributed by atoms with Gasteiger partial charge in [-0.15, -0.1) is 0 Å². The molecule has 0 saturated heterocycles. The molecule has 0 bridgehead atoms. The standard InChI is InChI=1S/C14H15N3/c1-10-4-2-7-14(16-10)17-8-11-5-3-6-13(15)12(11)9-17/h2-7H,8-9,15H2,1H3. The third kappa shape index (κ3) is 1.73. The molecule has 17 heavy (non-hydrogen) atoms. The Bertz CT molecular complexity index is 563. The zero-order valence-electron chi connectivity index (χ0n) is 9.85. The van der Waals surface area contributed by atoms with Crippen LogP contribution in [-0.4, -0.2) is 4.98 Å². The highest BCUT2D eigenvalue weighted by molar-refractivity contribution is 5.57. The molecule has 0 spiro atoms. The van der Waals surface area contributed by atoms with Crippen LogP contribution in [0.5, 0.6) is 0 Å². The largest absolute Gasteiger partial charge is 0.398 e. The number of anilines is 2. The van der Waals surface area contributed by atoms with Crippen LogP contribution in [0.3, 0.4) is 0 Å². The lowest BCUT2D eigenvalue weighted by atomic mass is 10.1. The van der Waals surface area contributed by atoms with E-state index < -0.39 is 0 Å². The highest BCUT2D eigenvalue weighted by Gasteiger charge is 2.21. The van der Waals surface area contributed by atoms with Gasteiger partial charge in [-0.05, 0) is 36.2 Å². The summed E-state index contributed by atoms with van der Waals surface area (Å²) in [7, 11) is 0. The number of nitrogen functional groups attached to an aromatic ring is 1. The minimum atomic E-state index is 0.860. The van der Waals surface area contributed by atoms with Crippen molar-refractivity contribution in [3.05, 3.63) is 53.2 Å². The number of aryl methyl sites for hydroxylation is 1. The second kappa shape index (κ2) is 3.77. The van der Waals surface area contributed by atoms with Crippen LogP contribution in [0.2, 0.25) is 0 Å². The van der Waals surface area contributed by atoms with Crippen molar-refractivity contribution < 1.29 is 0 Å². The summed E-state index contributed by atoms with van der Waals surface area (Å²) in [6.45, 7) is 3.77. The summed E-state index contributed by atoms with van der Waals surface area (Å²) in [4.78, 5) is 6.81. The van der Waals surface area contributed by atoms with Crippen molar-refractivity contribution in [2.75, 3.05) is 10.6 Å². The van der Waals surface area contributed by atoms with E-state index in [0.717, 1.165) is 30.3 Å². The second-order valence-electron chi connectivity index (χ2n) is 4.48. The summed E-state index contributed by atoms with van der Waals surface area (Å²) >= 11 is 0. The number of nitrogens with two attached hydrogens (primary N) is 1. The molecule has 2 aromatic rings. The monoisotopic (exact) mass is 225 g/mol. The van der Waals surface area contributed by atoms with E-state index in [1.165, 1.54) is 11.1 Å². The number of hydrogen-bond donors (Lipinski definition) is 1. The zero-order chi connectivity index (χ0) is 11.8. The topological polar surface area (TPSA) is 42.1 Å². The third-order valence-electron chi connectivity index (χ3n) is 3.22. The Kier molecular flexibility index (Phi) is 2.25. The molecule has 2 N–H and O–H groups in total. The fraction of sp³-hybridized carbons (Fsp3) is 0.214. The first kappa shape index (κ1) is 10.1. The highest BCUT2D eigenvalue weighted by Crippen LogP contribution is 2.30. The van der Waals surface area contributed by atoms with Crippen LogP contribution in [0, 0.1) is 6.92 Å². The lowest BCUT2D eigenvalue weighted by Gasteiger charge is -2.16. The molecule has 3 heteroatoms. The molecule has 0 radical (unpaired) electrons. The van der Waals surface area contributed by atoms with E-state index in [9.17, 15) is 0 Å². The third-order valence-corrected chi connectivity index (χ3v) is 3.22. The van der Waals surface area contributed by atoms with E-state index in [1.54, 1.807) is 0 Å². The van der Waals surface area contributed by atoms with Gasteiger partial charge < -0.3 is 10.6 Å². The molecule has 1 aliphatic rings. The molecule has 1 aromatic heterocycles. The van der Waals surface area contributed by atoms with Gasteiger partial charge in [-0.1, -0.05) is 18.2 Å². The van der Waals surface area contributed by atoms with Gasteiger partial charge in [0.25, 0.3) is 0 Å². The number of pyridine rings is 1. The fourth-order valence-corrected chi connectivity index (χ4v) is 2.31. The molecule has 0 fully saturated rings. The molecule has 0 saturated carbocycles. The van der Waals surface area contributed by atoms with Gasteiger partial charge in [-0.3, -0.25) is 0 Å². The summed E-state index contributed by atoms with van der Waals surface area (Å²) in [5, 5.41) is 0. The summed E-state index contributed by atoms with van der Waals surface area (Å²) in [5.41, 5.74) is 10.5. The van der Waals surface area contributed by atoms with Gasteiger partial charge in [0.05, 0.1) is 0 Å². The number of fused-ring (bicyclic) bond motifs is 1. The van der Waals surface area contributed by atoms with E-state index in [4.69, 9.17) is 5.73 Å². The zero-order valence-corrected chi connectivity index (χ0v) is 9.85. The number of nitrogens with zero attached hydrogens (tertiary/aromatic N) is 2. The summed E-state index contributed by atoms with van der Waals surface area (Å²) in [5.74, 6) is 1.03. The van der Waals surface area contributed by atoms with Gasteiger partial charge in [0.2, 0.25) is 0 Å². The minimum absolute atomic E-state index is 0.860. The quantitative estimate of drug-likeness (QED) is 0.758. The molecule has 3 rings (SSSR count). The van der Waals surface area contributed by atoms with Crippen LogP contribution < -0.4 is 10.6 Å². The summed E-state index contributed by atoms with van der Waals surface area (Å²) in [6.07, 6.45) is 0. The van der Waals surface area contributed by atoms with Crippen molar-refractivity contribution in [2.45, 2.75) is 20.0 Å². The fourth-order valence-electron chi connectivity index (χ4n) is 2.31. The Hall–Kier alpha value is -2.03. The molecule has 0 atom stereocenters. The molecular weight excluding hydrogens is 210 g/mol. The van der Waals surface area contributed by atoms with E-state index in [-0.39, 0.29) is 0 Å². The predicted molar refractivity (Wildman–Crippen MR) is 69.7 cm³/mol. The minimum Gasteiger partial charge on any atom is -0.398 e. The SMILES string of the molecule is Cc1cccc(N2Cc3cccc(N)c3C2)n1. The first-order chi connectivity index (χ1) is 8.24. The van der Waals surface area contributed by atoms with E-state index in [0.29, 0.717) is 0 Å². The number of hydrogen-bond acceptors (Lipinski definition) is 3. The average molecular weight is 225 g/mol. The first-order valence-corrected chi connectivity index (χ1v) is 5.79. The molecular formula is C14H15N3. The Morgan fingerprint density at radius 1 is 1.12 bits per heavy atom. The number of rotatable bonds is 1. The average Bonchev–Trinajstić information content (AvgIpc) is 2.74. The molecule has 86 valence electrons. The molecule has 0 unspecified atom stereocenters. The Labute approximate surface area is 101 Å². The number of benzene rings is 1. The highest BCUT2D eigenvalue weighted by atomic mass is 15.2. The van der Waals surface area contributed by atoms with Gasteiger partial charge in [0.1, 0.15) is 5.82 Å². The van der Waals surface area contributed by atoms with E-state index >= 15 is 0 Å². The molecule has 0 amide bonds. The summed E-state index contributed by atoms with van der Waals surface area (Å²) in [6, 6.07) is 12.2. The first-order valence-electron chi connectivity index (χ1n) is 5.79.